The van der Waals surface area contributed by atoms with Crippen LogP contribution in [0, 0.1) is 0 Å². The molecule has 3 aromatic carbocycles. The molecule has 35 heavy (non-hydrogen) atoms. The molecule has 3 aromatic rings. The topological polar surface area (TPSA) is 54.0 Å². The van der Waals surface area contributed by atoms with Crippen molar-refractivity contribution >= 4 is 6.16 Å². The molecule has 186 valence electrons. The van der Waals surface area contributed by atoms with Gasteiger partial charge in [0.05, 0.1) is 20.3 Å². The quantitative estimate of drug-likeness (QED) is 0.146. The minimum atomic E-state index is -0.900. The van der Waals surface area contributed by atoms with Gasteiger partial charge in [0.25, 0.3) is 0 Å². The summed E-state index contributed by atoms with van der Waals surface area (Å²) in [5.41, 5.74) is 2.04. The van der Waals surface area contributed by atoms with Crippen LogP contribution in [0.1, 0.15) is 49.3 Å². The van der Waals surface area contributed by atoms with Crippen LogP contribution in [0.2, 0.25) is 0 Å². The summed E-state index contributed by atoms with van der Waals surface area (Å²) in [5, 5.41) is 0. The van der Waals surface area contributed by atoms with Gasteiger partial charge in [0.1, 0.15) is 5.60 Å². The fourth-order valence-corrected chi connectivity index (χ4v) is 4.13. The van der Waals surface area contributed by atoms with Crippen molar-refractivity contribution < 1.29 is 23.7 Å². The predicted octanol–water partition coefficient (Wildman–Crippen LogP) is 6.74. The molecule has 0 spiro atoms. The molecule has 0 heterocycles. The molecule has 1 unspecified atom stereocenters. The second kappa shape index (κ2) is 14.3. The molecule has 0 aliphatic rings. The van der Waals surface area contributed by atoms with Crippen molar-refractivity contribution in [3.05, 3.63) is 108 Å². The number of benzene rings is 3. The molecule has 0 saturated heterocycles. The van der Waals surface area contributed by atoms with Crippen LogP contribution in [-0.2, 0) is 24.5 Å². The lowest BCUT2D eigenvalue weighted by atomic mass is 9.80. The van der Waals surface area contributed by atoms with Gasteiger partial charge in [0.2, 0.25) is 0 Å². The van der Waals surface area contributed by atoms with E-state index in [2.05, 4.69) is 43.3 Å². The highest BCUT2D eigenvalue weighted by Crippen LogP contribution is 2.40. The molecule has 3 rings (SSSR count). The molecule has 0 fully saturated rings. The standard InChI is InChI=1S/C30H36O5/c1-3-4-5-15-22-33-23-28(35-29(31)32-2)24-34-30(25-16-9-6-10-17-25,26-18-11-7-12-19-26)27-20-13-8-14-21-27/h6-14,16-21,28H,3-5,15,22-24H2,1-2H3. The zero-order chi connectivity index (χ0) is 24.8. The molecule has 0 aliphatic carbocycles. The van der Waals surface area contributed by atoms with Crippen LogP contribution in [0.3, 0.4) is 0 Å². The molecule has 0 aromatic heterocycles. The van der Waals surface area contributed by atoms with Gasteiger partial charge >= 0.3 is 6.16 Å². The van der Waals surface area contributed by atoms with Crippen molar-refractivity contribution in [2.24, 2.45) is 0 Å². The van der Waals surface area contributed by atoms with E-state index in [4.69, 9.17) is 18.9 Å². The lowest BCUT2D eigenvalue weighted by molar-refractivity contribution is -0.0795. The van der Waals surface area contributed by atoms with Crippen molar-refractivity contribution in [1.82, 2.24) is 0 Å². The van der Waals surface area contributed by atoms with Crippen LogP contribution >= 0.6 is 0 Å². The summed E-state index contributed by atoms with van der Waals surface area (Å²) in [7, 11) is 1.30. The molecule has 0 radical (unpaired) electrons. The summed E-state index contributed by atoms with van der Waals surface area (Å²) in [4.78, 5) is 12.0. The molecule has 5 nitrogen and oxygen atoms in total. The van der Waals surface area contributed by atoms with Crippen LogP contribution < -0.4 is 0 Å². The van der Waals surface area contributed by atoms with Crippen molar-refractivity contribution in [2.75, 3.05) is 26.9 Å². The molecule has 5 heteroatoms. The fourth-order valence-electron chi connectivity index (χ4n) is 4.13. The van der Waals surface area contributed by atoms with Gasteiger partial charge in [0.15, 0.2) is 6.10 Å². The predicted molar refractivity (Wildman–Crippen MR) is 137 cm³/mol. The normalized spacial score (nSPS) is 12.2. The van der Waals surface area contributed by atoms with Gasteiger partial charge in [-0.2, -0.15) is 0 Å². The van der Waals surface area contributed by atoms with E-state index in [-0.39, 0.29) is 13.2 Å². The Bertz CT molecular complexity index is 879. The first-order chi connectivity index (χ1) is 17.2. The minimum absolute atomic E-state index is 0.128. The first-order valence-electron chi connectivity index (χ1n) is 12.3. The van der Waals surface area contributed by atoms with Gasteiger partial charge in [-0.15, -0.1) is 0 Å². The third-order valence-corrected chi connectivity index (χ3v) is 5.90. The van der Waals surface area contributed by atoms with E-state index in [0.717, 1.165) is 29.5 Å². The number of carbonyl (C=O) groups is 1. The minimum Gasteiger partial charge on any atom is -0.438 e. The maximum atomic E-state index is 12.0. The summed E-state index contributed by atoms with van der Waals surface area (Å²) in [6.07, 6.45) is 3.07. The average molecular weight is 477 g/mol. The van der Waals surface area contributed by atoms with E-state index in [9.17, 15) is 4.79 Å². The van der Waals surface area contributed by atoms with Crippen LogP contribution in [-0.4, -0.2) is 39.2 Å². The molecule has 1 atom stereocenters. The SMILES string of the molecule is CCCCCCOCC(COC(c1ccccc1)(c1ccccc1)c1ccccc1)OC(=O)OC. The van der Waals surface area contributed by atoms with Crippen molar-refractivity contribution in [1.29, 1.82) is 0 Å². The third-order valence-electron chi connectivity index (χ3n) is 5.90. The summed E-state index contributed by atoms with van der Waals surface area (Å²) in [6.45, 7) is 3.15. The van der Waals surface area contributed by atoms with Crippen molar-refractivity contribution in [3.63, 3.8) is 0 Å². The monoisotopic (exact) mass is 476 g/mol. The molecular formula is C30H36O5. The molecular weight excluding hydrogens is 440 g/mol. The summed E-state index contributed by atoms with van der Waals surface area (Å²) in [6, 6.07) is 30.3. The Labute approximate surface area is 209 Å². The highest BCUT2D eigenvalue weighted by atomic mass is 16.7. The third kappa shape index (κ3) is 7.41. The lowest BCUT2D eigenvalue weighted by Gasteiger charge is -2.37. The zero-order valence-corrected chi connectivity index (χ0v) is 20.7. The smallest absolute Gasteiger partial charge is 0.438 e. The fraction of sp³-hybridized carbons (Fsp3) is 0.367. The second-order valence-corrected chi connectivity index (χ2v) is 8.42. The van der Waals surface area contributed by atoms with Crippen molar-refractivity contribution in [2.45, 2.75) is 44.3 Å². The Morgan fingerprint density at radius 2 is 1.26 bits per heavy atom. The summed E-state index contributed by atoms with van der Waals surface area (Å²) in [5.74, 6) is 0. The van der Waals surface area contributed by atoms with Crippen LogP contribution in [0.15, 0.2) is 91.0 Å². The van der Waals surface area contributed by atoms with E-state index in [1.54, 1.807) is 0 Å². The average Bonchev–Trinajstić information content (AvgIpc) is 2.92. The number of unbranched alkanes of at least 4 members (excludes halogenated alkanes) is 3. The molecule has 0 aliphatic heterocycles. The Hall–Kier alpha value is -3.15. The van der Waals surface area contributed by atoms with Crippen LogP contribution in [0.25, 0.3) is 0 Å². The number of methoxy groups -OCH3 is 1. The highest BCUT2D eigenvalue weighted by Gasteiger charge is 2.38. The Morgan fingerprint density at radius 1 is 0.743 bits per heavy atom. The molecule has 0 N–H and O–H groups in total. The van der Waals surface area contributed by atoms with E-state index in [1.807, 2.05) is 54.6 Å². The van der Waals surface area contributed by atoms with Crippen LogP contribution in [0.5, 0.6) is 0 Å². The largest absolute Gasteiger partial charge is 0.508 e. The van der Waals surface area contributed by atoms with Gasteiger partial charge in [-0.1, -0.05) is 117 Å². The number of rotatable bonds is 14. The summed E-state index contributed by atoms with van der Waals surface area (Å²) < 4.78 is 22.9. The van der Waals surface area contributed by atoms with Crippen molar-refractivity contribution in [3.8, 4) is 0 Å². The van der Waals surface area contributed by atoms with Gasteiger partial charge in [-0.05, 0) is 23.1 Å². The Kier molecular flexibility index (Phi) is 10.8. The van der Waals surface area contributed by atoms with E-state index >= 15 is 0 Å². The number of ether oxygens (including phenoxy) is 4. The highest BCUT2D eigenvalue weighted by molar-refractivity contribution is 5.59. The first kappa shape index (κ1) is 26.5. The van der Waals surface area contributed by atoms with Gasteiger partial charge in [-0.3, -0.25) is 0 Å². The number of carbonyl (C=O) groups excluding carboxylic acids is 1. The molecule has 0 bridgehead atoms. The zero-order valence-electron chi connectivity index (χ0n) is 20.7. The van der Waals surface area contributed by atoms with Gasteiger partial charge < -0.3 is 18.9 Å². The first-order valence-corrected chi connectivity index (χ1v) is 12.3. The second-order valence-electron chi connectivity index (χ2n) is 8.42. The van der Waals surface area contributed by atoms with Gasteiger partial charge in [-0.25, -0.2) is 4.79 Å². The van der Waals surface area contributed by atoms with Gasteiger partial charge in [0, 0.05) is 6.61 Å². The maximum Gasteiger partial charge on any atom is 0.508 e. The Morgan fingerprint density at radius 3 is 1.71 bits per heavy atom. The molecule has 0 amide bonds. The molecule has 0 saturated carbocycles. The van der Waals surface area contributed by atoms with E-state index in [0.29, 0.717) is 6.61 Å². The van der Waals surface area contributed by atoms with Crippen LogP contribution in [0.4, 0.5) is 4.79 Å². The lowest BCUT2D eigenvalue weighted by Crippen LogP contribution is -2.38. The van der Waals surface area contributed by atoms with E-state index in [1.165, 1.54) is 20.0 Å². The van der Waals surface area contributed by atoms with E-state index < -0.39 is 17.9 Å². The number of hydrogen-bond acceptors (Lipinski definition) is 5. The Balaban J connectivity index is 1.90. The summed E-state index contributed by atoms with van der Waals surface area (Å²) >= 11 is 0. The maximum absolute atomic E-state index is 12.0. The number of hydrogen-bond donors (Lipinski definition) is 0.